The minimum Gasteiger partial charge on any atom is -0.444 e. The number of fused-ring (bicyclic) bond motifs is 1. The number of likely N-dealkylation sites (tertiary alicyclic amines) is 1. The highest BCUT2D eigenvalue weighted by molar-refractivity contribution is 5.66. The van der Waals surface area contributed by atoms with Crippen LogP contribution in [0.25, 0.3) is 5.52 Å². The lowest BCUT2D eigenvalue weighted by atomic mass is 9.97. The van der Waals surface area contributed by atoms with Gasteiger partial charge in [-0.2, -0.15) is 0 Å². The molecule has 0 aliphatic carbocycles. The summed E-state index contributed by atoms with van der Waals surface area (Å²) in [5.41, 5.74) is 2.02. The summed E-state index contributed by atoms with van der Waals surface area (Å²) in [6, 6.07) is 0. The molecule has 0 atom stereocenters. The van der Waals surface area contributed by atoms with E-state index in [0.29, 0.717) is 5.92 Å². The molecule has 3 aromatic rings. The molecule has 1 aliphatic heterocycles. The zero-order valence-corrected chi connectivity index (χ0v) is 14.8. The van der Waals surface area contributed by atoms with Crippen molar-refractivity contribution in [1.29, 1.82) is 0 Å². The van der Waals surface area contributed by atoms with Crippen molar-refractivity contribution in [3.8, 4) is 0 Å². The summed E-state index contributed by atoms with van der Waals surface area (Å²) in [4.78, 5) is 15.5. The fourth-order valence-corrected chi connectivity index (χ4v) is 3.38. The molecule has 0 saturated carbocycles. The van der Waals surface area contributed by atoms with Gasteiger partial charge in [0.15, 0.2) is 5.82 Å². The van der Waals surface area contributed by atoms with Gasteiger partial charge in [0.2, 0.25) is 5.89 Å². The largest absolute Gasteiger partial charge is 0.444 e. The van der Waals surface area contributed by atoms with Crippen molar-refractivity contribution in [3.63, 3.8) is 0 Å². The summed E-state index contributed by atoms with van der Waals surface area (Å²) in [6.07, 6.45) is 9.71. The molecule has 0 aromatic carbocycles. The Morgan fingerprint density at radius 2 is 2.12 bits per heavy atom. The third-order valence-corrected chi connectivity index (χ3v) is 5.04. The quantitative estimate of drug-likeness (QED) is 0.770. The second kappa shape index (κ2) is 6.84. The highest BCUT2D eigenvalue weighted by Crippen LogP contribution is 2.21. The summed E-state index contributed by atoms with van der Waals surface area (Å²) in [5, 5.41) is 3.50. The summed E-state index contributed by atoms with van der Waals surface area (Å²) in [7, 11) is 0. The fraction of sp³-hybridized carbons (Fsp3) is 0.500. The molecule has 0 spiro atoms. The van der Waals surface area contributed by atoms with Gasteiger partial charge in [-0.15, -0.1) is 0 Å². The molecule has 7 nitrogen and oxygen atoms in total. The van der Waals surface area contributed by atoms with Crippen molar-refractivity contribution in [1.82, 2.24) is 24.3 Å². The lowest BCUT2D eigenvalue weighted by Crippen LogP contribution is -2.35. The number of piperidine rings is 1. The predicted molar refractivity (Wildman–Crippen MR) is 95.5 cm³/mol. The van der Waals surface area contributed by atoms with Crippen LogP contribution in [0.5, 0.6) is 0 Å². The molecule has 0 unspecified atom stereocenters. The standard InChI is InChI=1S/C18H24N6O/c1-13-14(2)25-17(22-13)11-23-6-3-15(4-7-23)9-21-18-16-10-19-12-24(16)8-5-20-18/h5,8,10,12,15H,3-4,6-7,9,11H2,1-2H3,(H,20,21). The van der Waals surface area contributed by atoms with E-state index in [1.807, 2.05) is 30.6 Å². The van der Waals surface area contributed by atoms with Crippen LogP contribution in [0.3, 0.4) is 0 Å². The van der Waals surface area contributed by atoms with Crippen LogP contribution in [0.1, 0.15) is 30.2 Å². The number of hydrogen-bond donors (Lipinski definition) is 1. The Labute approximate surface area is 147 Å². The van der Waals surface area contributed by atoms with Crippen LogP contribution in [0.2, 0.25) is 0 Å². The third kappa shape index (κ3) is 3.51. The molecule has 3 aromatic heterocycles. The van der Waals surface area contributed by atoms with Crippen LogP contribution < -0.4 is 5.32 Å². The van der Waals surface area contributed by atoms with Crippen LogP contribution in [0, 0.1) is 19.8 Å². The summed E-state index contributed by atoms with van der Waals surface area (Å²) in [6.45, 7) is 7.89. The van der Waals surface area contributed by atoms with Crippen LogP contribution in [0.15, 0.2) is 29.3 Å². The molecule has 0 bridgehead atoms. The molecule has 1 saturated heterocycles. The van der Waals surface area contributed by atoms with E-state index < -0.39 is 0 Å². The predicted octanol–water partition coefficient (Wildman–Crippen LogP) is 2.66. The molecule has 7 heteroatoms. The Hall–Kier alpha value is -2.41. The average molecular weight is 340 g/mol. The minimum atomic E-state index is 0.661. The van der Waals surface area contributed by atoms with Crippen molar-refractivity contribution in [3.05, 3.63) is 42.3 Å². The Morgan fingerprint density at radius 3 is 2.88 bits per heavy atom. The Bertz CT molecular complexity index is 827. The number of oxazole rings is 1. The van der Waals surface area contributed by atoms with E-state index in [4.69, 9.17) is 4.42 Å². The molecular weight excluding hydrogens is 316 g/mol. The fourth-order valence-electron chi connectivity index (χ4n) is 3.38. The van der Waals surface area contributed by atoms with Crippen molar-refractivity contribution in [2.45, 2.75) is 33.2 Å². The van der Waals surface area contributed by atoms with E-state index in [0.717, 1.165) is 54.9 Å². The maximum atomic E-state index is 5.70. The van der Waals surface area contributed by atoms with Gasteiger partial charge in [-0.1, -0.05) is 0 Å². The van der Waals surface area contributed by atoms with E-state index in [-0.39, 0.29) is 0 Å². The first-order valence-electron chi connectivity index (χ1n) is 8.85. The number of nitrogens with one attached hydrogen (secondary N) is 1. The highest BCUT2D eigenvalue weighted by Gasteiger charge is 2.21. The van der Waals surface area contributed by atoms with Gasteiger partial charge >= 0.3 is 0 Å². The third-order valence-electron chi connectivity index (χ3n) is 5.04. The maximum absolute atomic E-state index is 5.70. The molecular formula is C18H24N6O. The van der Waals surface area contributed by atoms with E-state index >= 15 is 0 Å². The molecule has 4 heterocycles. The van der Waals surface area contributed by atoms with E-state index in [1.54, 1.807) is 12.5 Å². The summed E-state index contributed by atoms with van der Waals surface area (Å²) in [5.74, 6) is 3.33. The average Bonchev–Trinajstić information content (AvgIpc) is 3.21. The molecule has 4 rings (SSSR count). The van der Waals surface area contributed by atoms with Gasteiger partial charge < -0.3 is 14.1 Å². The van der Waals surface area contributed by atoms with Gasteiger partial charge in [0.1, 0.15) is 11.3 Å². The van der Waals surface area contributed by atoms with Gasteiger partial charge in [0.25, 0.3) is 0 Å². The molecule has 0 radical (unpaired) electrons. The SMILES string of the molecule is Cc1nc(CN2CCC(CNc3nccn4cncc34)CC2)oc1C. The van der Waals surface area contributed by atoms with Gasteiger partial charge in [-0.25, -0.2) is 15.0 Å². The van der Waals surface area contributed by atoms with E-state index in [1.165, 1.54) is 12.8 Å². The Balaban J connectivity index is 1.28. The normalized spacial score (nSPS) is 16.6. The summed E-state index contributed by atoms with van der Waals surface area (Å²) < 4.78 is 7.69. The van der Waals surface area contributed by atoms with Gasteiger partial charge in [0.05, 0.1) is 24.8 Å². The van der Waals surface area contributed by atoms with Crippen LogP contribution in [0.4, 0.5) is 5.82 Å². The topological polar surface area (TPSA) is 71.5 Å². The van der Waals surface area contributed by atoms with Crippen LogP contribution in [-0.2, 0) is 6.54 Å². The first-order valence-corrected chi connectivity index (χ1v) is 8.85. The Kier molecular flexibility index (Phi) is 4.40. The molecule has 1 fully saturated rings. The smallest absolute Gasteiger partial charge is 0.208 e. The number of anilines is 1. The van der Waals surface area contributed by atoms with Crippen molar-refractivity contribution in [2.75, 3.05) is 25.0 Å². The van der Waals surface area contributed by atoms with Gasteiger partial charge in [-0.3, -0.25) is 4.90 Å². The number of rotatable bonds is 5. The van der Waals surface area contributed by atoms with Crippen molar-refractivity contribution >= 4 is 11.3 Å². The van der Waals surface area contributed by atoms with Crippen molar-refractivity contribution in [2.24, 2.45) is 5.92 Å². The monoisotopic (exact) mass is 340 g/mol. The first kappa shape index (κ1) is 16.1. The number of aromatic nitrogens is 4. The lowest BCUT2D eigenvalue weighted by Gasteiger charge is -2.31. The molecule has 1 aliphatic rings. The lowest BCUT2D eigenvalue weighted by molar-refractivity contribution is 0.167. The van der Waals surface area contributed by atoms with E-state index in [9.17, 15) is 0 Å². The second-order valence-electron chi connectivity index (χ2n) is 6.81. The van der Waals surface area contributed by atoms with Crippen molar-refractivity contribution < 1.29 is 4.42 Å². The molecule has 0 amide bonds. The number of imidazole rings is 1. The first-order chi connectivity index (χ1) is 12.2. The highest BCUT2D eigenvalue weighted by atomic mass is 16.4. The maximum Gasteiger partial charge on any atom is 0.208 e. The summed E-state index contributed by atoms with van der Waals surface area (Å²) >= 11 is 0. The van der Waals surface area contributed by atoms with Crippen LogP contribution in [-0.4, -0.2) is 43.9 Å². The van der Waals surface area contributed by atoms with Crippen LogP contribution >= 0.6 is 0 Å². The van der Waals surface area contributed by atoms with Gasteiger partial charge in [-0.05, 0) is 45.7 Å². The molecule has 1 N–H and O–H groups in total. The zero-order valence-electron chi connectivity index (χ0n) is 14.8. The van der Waals surface area contributed by atoms with E-state index in [2.05, 4.69) is 25.2 Å². The molecule has 132 valence electrons. The molecule has 25 heavy (non-hydrogen) atoms. The minimum absolute atomic E-state index is 0.661. The number of aryl methyl sites for hydroxylation is 2. The number of hydrogen-bond acceptors (Lipinski definition) is 6. The Morgan fingerprint density at radius 1 is 1.28 bits per heavy atom. The number of nitrogens with zero attached hydrogens (tertiary/aromatic N) is 5. The van der Waals surface area contributed by atoms with Gasteiger partial charge in [0, 0.05) is 18.9 Å². The zero-order chi connectivity index (χ0) is 17.2. The second-order valence-corrected chi connectivity index (χ2v) is 6.81.